The van der Waals surface area contributed by atoms with Crippen LogP contribution in [0.25, 0.3) is 0 Å². The standard InChI is InChI=1S/C14H14N2O4S/c1-15-21(18,19)10-11-2-4-13(5-3-11)20-14-8-12(9-17)6-7-16-14/h2-9,15H,10H2,1H3. The van der Waals surface area contributed by atoms with Crippen LogP contribution in [0.5, 0.6) is 11.6 Å². The molecule has 2 aromatic rings. The number of rotatable bonds is 6. The molecule has 1 aromatic heterocycles. The molecule has 0 aliphatic heterocycles. The van der Waals surface area contributed by atoms with Gasteiger partial charge in [0.2, 0.25) is 15.9 Å². The number of aldehydes is 1. The first-order chi connectivity index (χ1) is 10.0. The van der Waals surface area contributed by atoms with Crippen molar-refractivity contribution in [3.8, 4) is 11.6 Å². The summed E-state index contributed by atoms with van der Waals surface area (Å²) in [7, 11) is -1.92. The number of hydrogen-bond acceptors (Lipinski definition) is 5. The van der Waals surface area contributed by atoms with Gasteiger partial charge in [0.15, 0.2) is 0 Å². The van der Waals surface area contributed by atoms with Gasteiger partial charge in [-0.1, -0.05) is 12.1 Å². The van der Waals surface area contributed by atoms with Crippen LogP contribution in [0, 0.1) is 0 Å². The molecule has 0 fully saturated rings. The van der Waals surface area contributed by atoms with Gasteiger partial charge in [-0.05, 0) is 30.8 Å². The summed E-state index contributed by atoms with van der Waals surface area (Å²) in [4.78, 5) is 14.7. The van der Waals surface area contributed by atoms with E-state index >= 15 is 0 Å². The van der Waals surface area contributed by atoms with Crippen LogP contribution in [-0.2, 0) is 15.8 Å². The summed E-state index contributed by atoms with van der Waals surface area (Å²) in [6.45, 7) is 0. The fourth-order valence-corrected chi connectivity index (χ4v) is 2.40. The van der Waals surface area contributed by atoms with Crippen molar-refractivity contribution >= 4 is 16.3 Å². The molecule has 1 heterocycles. The normalized spacial score (nSPS) is 11.1. The molecule has 110 valence electrons. The molecule has 1 aromatic carbocycles. The van der Waals surface area contributed by atoms with Gasteiger partial charge < -0.3 is 4.74 Å². The van der Waals surface area contributed by atoms with E-state index in [0.29, 0.717) is 29.0 Å². The molecule has 1 N–H and O–H groups in total. The van der Waals surface area contributed by atoms with Crippen molar-refractivity contribution in [3.63, 3.8) is 0 Å². The highest BCUT2D eigenvalue weighted by atomic mass is 32.2. The highest BCUT2D eigenvalue weighted by molar-refractivity contribution is 7.88. The topological polar surface area (TPSA) is 85.4 Å². The number of nitrogens with zero attached hydrogens (tertiary/aromatic N) is 1. The Morgan fingerprint density at radius 3 is 2.57 bits per heavy atom. The lowest BCUT2D eigenvalue weighted by atomic mass is 10.2. The molecule has 0 bridgehead atoms. The number of ether oxygens (including phenoxy) is 1. The SMILES string of the molecule is CNS(=O)(=O)Cc1ccc(Oc2cc(C=O)ccn2)cc1. The maximum Gasteiger partial charge on any atom is 0.219 e. The number of benzene rings is 1. The van der Waals surface area contributed by atoms with Crippen LogP contribution < -0.4 is 9.46 Å². The number of nitrogens with one attached hydrogen (secondary N) is 1. The van der Waals surface area contributed by atoms with E-state index in [1.807, 2.05) is 0 Å². The molecule has 7 heteroatoms. The van der Waals surface area contributed by atoms with Crippen molar-refractivity contribution < 1.29 is 17.9 Å². The molecule has 0 saturated carbocycles. The predicted octanol–water partition coefficient (Wildman–Crippen LogP) is 1.74. The Bertz CT molecular complexity index is 727. The third kappa shape index (κ3) is 4.37. The summed E-state index contributed by atoms with van der Waals surface area (Å²) >= 11 is 0. The molecule has 2 rings (SSSR count). The molecule has 0 aliphatic rings. The monoisotopic (exact) mass is 306 g/mol. The van der Waals surface area contributed by atoms with E-state index in [9.17, 15) is 13.2 Å². The molecule has 0 unspecified atom stereocenters. The molecule has 0 radical (unpaired) electrons. The van der Waals surface area contributed by atoms with Gasteiger partial charge in [-0.3, -0.25) is 4.79 Å². The Kier molecular flexibility index (Phi) is 4.66. The summed E-state index contributed by atoms with van der Waals surface area (Å²) < 4.78 is 30.6. The van der Waals surface area contributed by atoms with Gasteiger partial charge in [0.1, 0.15) is 12.0 Å². The number of carbonyl (C=O) groups excluding carboxylic acids is 1. The average Bonchev–Trinajstić information content (AvgIpc) is 2.49. The van der Waals surface area contributed by atoms with E-state index in [4.69, 9.17) is 4.74 Å². The molecular formula is C14H14N2O4S. The highest BCUT2D eigenvalue weighted by Crippen LogP contribution is 2.20. The summed E-state index contributed by atoms with van der Waals surface area (Å²) in [6.07, 6.45) is 2.19. The minimum Gasteiger partial charge on any atom is -0.439 e. The van der Waals surface area contributed by atoms with Crippen molar-refractivity contribution in [2.75, 3.05) is 7.05 Å². The van der Waals surface area contributed by atoms with Crippen LogP contribution in [0.3, 0.4) is 0 Å². The van der Waals surface area contributed by atoms with Crippen molar-refractivity contribution in [3.05, 3.63) is 53.7 Å². The molecule has 0 saturated heterocycles. The summed E-state index contributed by atoms with van der Waals surface area (Å²) in [5.74, 6) is 0.717. The van der Waals surface area contributed by atoms with Gasteiger partial charge in [-0.2, -0.15) is 0 Å². The zero-order chi connectivity index (χ0) is 15.3. The van der Waals surface area contributed by atoms with Gasteiger partial charge in [0.25, 0.3) is 0 Å². The number of carbonyl (C=O) groups is 1. The fourth-order valence-electron chi connectivity index (χ4n) is 1.62. The van der Waals surface area contributed by atoms with E-state index in [1.165, 1.54) is 19.3 Å². The van der Waals surface area contributed by atoms with Crippen molar-refractivity contribution in [2.24, 2.45) is 0 Å². The van der Waals surface area contributed by atoms with Crippen molar-refractivity contribution in [2.45, 2.75) is 5.75 Å². The van der Waals surface area contributed by atoms with Gasteiger partial charge in [0, 0.05) is 17.8 Å². The van der Waals surface area contributed by atoms with Gasteiger partial charge in [-0.15, -0.1) is 0 Å². The second-order valence-electron chi connectivity index (χ2n) is 4.25. The van der Waals surface area contributed by atoms with Crippen LogP contribution in [0.15, 0.2) is 42.6 Å². The number of sulfonamides is 1. The number of aromatic nitrogens is 1. The Labute approximate surface area is 122 Å². The Morgan fingerprint density at radius 1 is 1.24 bits per heavy atom. The van der Waals surface area contributed by atoms with Crippen LogP contribution in [0.1, 0.15) is 15.9 Å². The van der Waals surface area contributed by atoms with Gasteiger partial charge >= 0.3 is 0 Å². The second-order valence-corrected chi connectivity index (χ2v) is 6.18. The van der Waals surface area contributed by atoms with E-state index in [0.717, 1.165) is 0 Å². The number of pyridine rings is 1. The van der Waals surface area contributed by atoms with E-state index < -0.39 is 10.0 Å². The van der Waals surface area contributed by atoms with E-state index in [1.54, 1.807) is 30.3 Å². The molecule has 0 amide bonds. The molecule has 0 aliphatic carbocycles. The van der Waals surface area contributed by atoms with Crippen LogP contribution in [0.4, 0.5) is 0 Å². The zero-order valence-corrected chi connectivity index (χ0v) is 12.1. The maximum absolute atomic E-state index is 11.4. The minimum atomic E-state index is -3.30. The van der Waals surface area contributed by atoms with Gasteiger partial charge in [0.05, 0.1) is 5.75 Å². The van der Waals surface area contributed by atoms with Crippen molar-refractivity contribution in [1.82, 2.24) is 9.71 Å². The average molecular weight is 306 g/mol. The molecule has 0 atom stereocenters. The second kappa shape index (κ2) is 6.47. The van der Waals surface area contributed by atoms with Gasteiger partial charge in [-0.25, -0.2) is 18.1 Å². The molecule has 0 spiro atoms. The minimum absolute atomic E-state index is 0.0946. The maximum atomic E-state index is 11.4. The Balaban J connectivity index is 2.10. The quantitative estimate of drug-likeness (QED) is 0.822. The lowest BCUT2D eigenvalue weighted by Crippen LogP contribution is -2.20. The molecule has 21 heavy (non-hydrogen) atoms. The lowest BCUT2D eigenvalue weighted by Gasteiger charge is -2.06. The highest BCUT2D eigenvalue weighted by Gasteiger charge is 2.08. The summed E-state index contributed by atoms with van der Waals surface area (Å²) in [6, 6.07) is 9.71. The van der Waals surface area contributed by atoms with Crippen LogP contribution >= 0.6 is 0 Å². The van der Waals surface area contributed by atoms with Crippen LogP contribution in [-0.4, -0.2) is 26.7 Å². The third-order valence-electron chi connectivity index (χ3n) is 2.71. The third-order valence-corrected chi connectivity index (χ3v) is 4.04. The smallest absolute Gasteiger partial charge is 0.219 e. The first-order valence-corrected chi connectivity index (χ1v) is 7.77. The molecule has 6 nitrogen and oxygen atoms in total. The zero-order valence-electron chi connectivity index (χ0n) is 11.3. The number of hydrogen-bond donors (Lipinski definition) is 1. The Hall–Kier alpha value is -2.25. The lowest BCUT2D eigenvalue weighted by molar-refractivity contribution is 0.112. The summed E-state index contributed by atoms with van der Waals surface area (Å²) in [5.41, 5.74) is 1.11. The first kappa shape index (κ1) is 15.1. The van der Waals surface area contributed by atoms with Crippen LogP contribution in [0.2, 0.25) is 0 Å². The predicted molar refractivity (Wildman–Crippen MR) is 77.8 cm³/mol. The largest absolute Gasteiger partial charge is 0.439 e. The van der Waals surface area contributed by atoms with Crippen molar-refractivity contribution in [1.29, 1.82) is 0 Å². The summed E-state index contributed by atoms with van der Waals surface area (Å²) in [5, 5.41) is 0. The first-order valence-electron chi connectivity index (χ1n) is 6.11. The molecular weight excluding hydrogens is 292 g/mol. The fraction of sp³-hybridized carbons (Fsp3) is 0.143. The van der Waals surface area contributed by atoms with E-state index in [2.05, 4.69) is 9.71 Å². The Morgan fingerprint density at radius 2 is 1.95 bits per heavy atom. The van der Waals surface area contributed by atoms with E-state index in [-0.39, 0.29) is 5.75 Å².